The summed E-state index contributed by atoms with van der Waals surface area (Å²) < 4.78 is 6.21. The van der Waals surface area contributed by atoms with Gasteiger partial charge in [-0.2, -0.15) is 4.98 Å². The summed E-state index contributed by atoms with van der Waals surface area (Å²) >= 11 is 10.0. The number of amides is 1. The van der Waals surface area contributed by atoms with Crippen LogP contribution in [0.4, 0.5) is 12.0 Å². The Kier molecular flexibility index (Phi) is 7.31. The number of rotatable bonds is 4. The van der Waals surface area contributed by atoms with Gasteiger partial charge in [-0.05, 0) is 106 Å². The largest absolute Gasteiger partial charge is 0.365 e. The number of hydrogen-bond donors (Lipinski definition) is 1. The number of carbonyl (C=O) groups excluding carboxylic acids is 1. The second-order valence-corrected chi connectivity index (χ2v) is 12.2. The summed E-state index contributed by atoms with van der Waals surface area (Å²) in [5, 5.41) is 4.46. The molecule has 38 heavy (non-hydrogen) atoms. The molecule has 2 fully saturated rings. The third-order valence-corrected chi connectivity index (χ3v) is 9.18. The lowest BCUT2D eigenvalue weighted by Crippen LogP contribution is -2.42. The van der Waals surface area contributed by atoms with E-state index in [9.17, 15) is 4.79 Å². The molecule has 10 heteroatoms. The molecule has 1 unspecified atom stereocenters. The van der Waals surface area contributed by atoms with Crippen LogP contribution in [0.5, 0.6) is 0 Å². The maximum absolute atomic E-state index is 13.3. The molecule has 1 aromatic carbocycles. The van der Waals surface area contributed by atoms with E-state index in [0.29, 0.717) is 24.3 Å². The summed E-state index contributed by atoms with van der Waals surface area (Å²) in [6.07, 6.45) is 8.28. The first-order valence-corrected chi connectivity index (χ1v) is 14.7. The average molecular weight is 600 g/mol. The fraction of sp³-hybridized carbons (Fsp3) is 0.500. The zero-order chi connectivity index (χ0) is 26.2. The van der Waals surface area contributed by atoms with Gasteiger partial charge in [-0.1, -0.05) is 17.7 Å². The van der Waals surface area contributed by atoms with Crippen molar-refractivity contribution in [2.75, 3.05) is 36.8 Å². The fourth-order valence-corrected chi connectivity index (χ4v) is 7.07. The van der Waals surface area contributed by atoms with E-state index in [0.717, 1.165) is 74.2 Å². The maximum atomic E-state index is 13.3. The number of fused-ring (bicyclic) bond motifs is 2. The molecule has 2 aliphatic heterocycles. The standard InChI is InChI=1S/C28H32BrClN6O2/c29-21-14-20-2-1-19-15-22(30)3-4-23(19)25(26(20)32-16-21)18-7-11-35(12-8-18)24(37)13-17-5-9-36(10-6-17)28-33-27(31)34-38-28/h3-4,14-18,25H,1-2,5-13H2,(H2,31,34). The van der Waals surface area contributed by atoms with Gasteiger partial charge in [0, 0.05) is 54.2 Å². The molecule has 8 nitrogen and oxygen atoms in total. The van der Waals surface area contributed by atoms with Crippen molar-refractivity contribution in [3.63, 3.8) is 0 Å². The normalized spacial score (nSPS) is 20.6. The van der Waals surface area contributed by atoms with Crippen LogP contribution in [0.2, 0.25) is 5.02 Å². The van der Waals surface area contributed by atoms with Gasteiger partial charge in [0.1, 0.15) is 0 Å². The number of anilines is 2. The van der Waals surface area contributed by atoms with Crippen molar-refractivity contribution in [3.8, 4) is 0 Å². The van der Waals surface area contributed by atoms with E-state index in [1.165, 1.54) is 22.4 Å². The molecule has 2 aromatic heterocycles. The van der Waals surface area contributed by atoms with Gasteiger partial charge >= 0.3 is 6.01 Å². The second kappa shape index (κ2) is 10.8. The van der Waals surface area contributed by atoms with Crippen molar-refractivity contribution in [2.24, 2.45) is 11.8 Å². The van der Waals surface area contributed by atoms with Crippen LogP contribution in [-0.2, 0) is 17.6 Å². The van der Waals surface area contributed by atoms with Crippen LogP contribution in [0.25, 0.3) is 0 Å². The van der Waals surface area contributed by atoms with E-state index in [2.05, 4.69) is 54.1 Å². The monoisotopic (exact) mass is 598 g/mol. The van der Waals surface area contributed by atoms with Crippen LogP contribution in [0.3, 0.4) is 0 Å². The van der Waals surface area contributed by atoms with Crippen LogP contribution in [0, 0.1) is 11.8 Å². The Morgan fingerprint density at radius 1 is 1.08 bits per heavy atom. The summed E-state index contributed by atoms with van der Waals surface area (Å²) in [5.41, 5.74) is 10.8. The molecule has 1 aliphatic carbocycles. The van der Waals surface area contributed by atoms with Gasteiger partial charge in [-0.3, -0.25) is 9.78 Å². The van der Waals surface area contributed by atoms with Crippen molar-refractivity contribution >= 4 is 45.4 Å². The molecule has 0 spiro atoms. The summed E-state index contributed by atoms with van der Waals surface area (Å²) in [4.78, 5) is 26.4. The highest BCUT2D eigenvalue weighted by atomic mass is 79.9. The molecule has 2 saturated heterocycles. The van der Waals surface area contributed by atoms with Crippen molar-refractivity contribution in [3.05, 3.63) is 62.3 Å². The first-order valence-electron chi connectivity index (χ1n) is 13.5. The highest BCUT2D eigenvalue weighted by Crippen LogP contribution is 2.43. The minimum absolute atomic E-state index is 0.156. The number of likely N-dealkylation sites (tertiary alicyclic amines) is 1. The maximum Gasteiger partial charge on any atom is 0.325 e. The Bertz CT molecular complexity index is 1260. The summed E-state index contributed by atoms with van der Waals surface area (Å²) in [5.74, 6) is 1.48. The average Bonchev–Trinajstić information content (AvgIpc) is 3.29. The van der Waals surface area contributed by atoms with Crippen molar-refractivity contribution in [1.29, 1.82) is 0 Å². The molecule has 1 atom stereocenters. The number of carbonyl (C=O) groups is 1. The Balaban J connectivity index is 1.10. The highest BCUT2D eigenvalue weighted by Gasteiger charge is 2.35. The summed E-state index contributed by atoms with van der Waals surface area (Å²) in [6, 6.07) is 9.03. The Hall–Kier alpha value is -2.65. The first-order chi connectivity index (χ1) is 18.4. The lowest BCUT2D eigenvalue weighted by atomic mass is 9.76. The van der Waals surface area contributed by atoms with Gasteiger partial charge in [0.15, 0.2) is 0 Å². The van der Waals surface area contributed by atoms with Gasteiger partial charge in [-0.15, -0.1) is 0 Å². The second-order valence-electron chi connectivity index (χ2n) is 10.8. The predicted octanol–water partition coefficient (Wildman–Crippen LogP) is 5.24. The zero-order valence-electron chi connectivity index (χ0n) is 21.3. The van der Waals surface area contributed by atoms with Crippen LogP contribution in [-0.4, -0.2) is 52.1 Å². The number of nitrogens with zero attached hydrogens (tertiary/aromatic N) is 5. The topological polar surface area (TPSA) is 101 Å². The Morgan fingerprint density at radius 2 is 1.84 bits per heavy atom. The molecule has 2 N–H and O–H groups in total. The van der Waals surface area contributed by atoms with Gasteiger partial charge in [-0.25, -0.2) is 0 Å². The molecular weight excluding hydrogens is 568 g/mol. The molecule has 0 saturated carbocycles. The molecule has 3 aromatic rings. The number of piperidine rings is 2. The Morgan fingerprint density at radius 3 is 2.58 bits per heavy atom. The first kappa shape index (κ1) is 25.6. The number of nitrogens with two attached hydrogens (primary N) is 1. The number of nitrogen functional groups attached to an aromatic ring is 1. The van der Waals surface area contributed by atoms with Gasteiger partial charge in [0.05, 0.1) is 5.69 Å². The van der Waals surface area contributed by atoms with E-state index in [1.54, 1.807) is 0 Å². The molecule has 0 radical (unpaired) electrons. The number of pyridine rings is 1. The number of aromatic nitrogens is 3. The lowest BCUT2D eigenvalue weighted by molar-refractivity contribution is -0.133. The van der Waals surface area contributed by atoms with Crippen LogP contribution in [0.1, 0.15) is 60.4 Å². The van der Waals surface area contributed by atoms with Crippen LogP contribution < -0.4 is 10.6 Å². The van der Waals surface area contributed by atoms with Crippen molar-refractivity contribution in [1.82, 2.24) is 20.0 Å². The van der Waals surface area contributed by atoms with E-state index < -0.39 is 0 Å². The molecule has 3 aliphatic rings. The van der Waals surface area contributed by atoms with E-state index in [-0.39, 0.29) is 17.8 Å². The predicted molar refractivity (Wildman–Crippen MR) is 150 cm³/mol. The summed E-state index contributed by atoms with van der Waals surface area (Å²) in [7, 11) is 0. The Labute approximate surface area is 236 Å². The molecule has 1 amide bonds. The van der Waals surface area contributed by atoms with Crippen molar-refractivity contribution in [2.45, 2.75) is 50.9 Å². The quantitative estimate of drug-likeness (QED) is 0.438. The third kappa shape index (κ3) is 5.27. The van der Waals surface area contributed by atoms with E-state index in [4.69, 9.17) is 26.8 Å². The van der Waals surface area contributed by atoms with Gasteiger partial charge in [0.2, 0.25) is 5.91 Å². The van der Waals surface area contributed by atoms with Crippen molar-refractivity contribution < 1.29 is 9.32 Å². The SMILES string of the molecule is Nc1noc(N2CCC(CC(=O)N3CCC(C4c5ccc(Cl)cc5CCc5cc(Br)cnc54)CC3)CC2)n1. The smallest absolute Gasteiger partial charge is 0.325 e. The number of aryl methyl sites for hydroxylation is 2. The fourth-order valence-electron chi connectivity index (χ4n) is 6.50. The zero-order valence-corrected chi connectivity index (χ0v) is 23.6. The van der Waals surface area contributed by atoms with E-state index >= 15 is 0 Å². The molecule has 0 bridgehead atoms. The van der Waals surface area contributed by atoms with Gasteiger partial charge in [0.25, 0.3) is 5.95 Å². The van der Waals surface area contributed by atoms with Crippen LogP contribution >= 0.6 is 27.5 Å². The highest BCUT2D eigenvalue weighted by molar-refractivity contribution is 9.10. The lowest BCUT2D eigenvalue weighted by Gasteiger charge is -2.38. The van der Waals surface area contributed by atoms with E-state index in [1.807, 2.05) is 12.3 Å². The number of hydrogen-bond acceptors (Lipinski definition) is 7. The minimum atomic E-state index is 0.156. The van der Waals surface area contributed by atoms with Gasteiger partial charge < -0.3 is 20.1 Å². The number of halogens is 2. The molecule has 6 rings (SSSR count). The number of benzene rings is 1. The molecular formula is C28H32BrClN6O2. The summed E-state index contributed by atoms with van der Waals surface area (Å²) in [6.45, 7) is 3.20. The molecule has 4 heterocycles. The third-order valence-electron chi connectivity index (χ3n) is 8.51. The minimum Gasteiger partial charge on any atom is -0.365 e. The molecule has 200 valence electrons. The van der Waals surface area contributed by atoms with Crippen LogP contribution in [0.15, 0.2) is 39.5 Å².